The van der Waals surface area contributed by atoms with E-state index in [0.717, 1.165) is 0 Å². The number of carboxylic acids is 1. The second-order valence-electron chi connectivity index (χ2n) is 2.85. The molecule has 0 radical (unpaired) electrons. The maximum absolute atomic E-state index is 11.0. The lowest BCUT2D eigenvalue weighted by molar-refractivity contribution is -0.137. The Labute approximate surface area is 90.3 Å². The lowest BCUT2D eigenvalue weighted by Crippen LogP contribution is -2.13. The highest BCUT2D eigenvalue weighted by Crippen LogP contribution is 2.13. The number of carbonyl (C=O) groups is 1. The number of rotatable bonds is 5. The van der Waals surface area contributed by atoms with E-state index < -0.39 is 11.5 Å². The molecule has 3 N–H and O–H groups in total. The summed E-state index contributed by atoms with van der Waals surface area (Å²) in [5.41, 5.74) is -0.0642. The van der Waals surface area contributed by atoms with Crippen molar-refractivity contribution < 1.29 is 9.90 Å². The van der Waals surface area contributed by atoms with Crippen molar-refractivity contribution in [3.05, 3.63) is 21.6 Å². The first-order chi connectivity index (χ1) is 7.11. The summed E-state index contributed by atoms with van der Waals surface area (Å²) in [4.78, 5) is 21.2. The van der Waals surface area contributed by atoms with Gasteiger partial charge in [0, 0.05) is 13.0 Å². The van der Waals surface area contributed by atoms with Crippen molar-refractivity contribution in [1.29, 1.82) is 0 Å². The number of nitrogens with one attached hydrogen (secondary N) is 2. The molecule has 6 nitrogen and oxygen atoms in total. The zero-order valence-corrected chi connectivity index (χ0v) is 8.54. The van der Waals surface area contributed by atoms with Crippen LogP contribution < -0.4 is 10.9 Å². The fourth-order valence-corrected chi connectivity index (χ4v) is 1.13. The fraction of sp³-hybridized carbons (Fsp3) is 0.375. The summed E-state index contributed by atoms with van der Waals surface area (Å²) in [5, 5.41) is 17.0. The molecule has 82 valence electrons. The van der Waals surface area contributed by atoms with Crippen LogP contribution in [0.4, 0.5) is 5.69 Å². The zero-order chi connectivity index (χ0) is 11.3. The van der Waals surface area contributed by atoms with Gasteiger partial charge < -0.3 is 10.4 Å². The molecule has 15 heavy (non-hydrogen) atoms. The summed E-state index contributed by atoms with van der Waals surface area (Å²) in [5.74, 6) is -0.855. The number of hydrogen-bond acceptors (Lipinski definition) is 4. The molecule has 0 saturated heterocycles. The van der Waals surface area contributed by atoms with Crippen LogP contribution in [0.2, 0.25) is 5.02 Å². The third kappa shape index (κ3) is 3.59. The molecule has 0 aliphatic heterocycles. The highest BCUT2D eigenvalue weighted by atomic mass is 35.5. The number of hydrogen-bond donors (Lipinski definition) is 3. The molecule has 0 unspecified atom stereocenters. The summed E-state index contributed by atoms with van der Waals surface area (Å²) in [6.07, 6.45) is 1.91. The Morgan fingerprint density at radius 1 is 1.67 bits per heavy atom. The van der Waals surface area contributed by atoms with Gasteiger partial charge in [0.2, 0.25) is 0 Å². The van der Waals surface area contributed by atoms with Gasteiger partial charge in [-0.25, -0.2) is 5.10 Å². The van der Waals surface area contributed by atoms with E-state index in [1.54, 1.807) is 0 Å². The van der Waals surface area contributed by atoms with Gasteiger partial charge in [0.25, 0.3) is 5.56 Å². The number of anilines is 1. The van der Waals surface area contributed by atoms with Gasteiger partial charge in [0.05, 0.1) is 11.9 Å². The molecule has 0 aliphatic carbocycles. The first kappa shape index (κ1) is 11.5. The van der Waals surface area contributed by atoms with Gasteiger partial charge in [-0.1, -0.05) is 11.6 Å². The van der Waals surface area contributed by atoms with E-state index in [9.17, 15) is 9.59 Å². The predicted octanol–water partition coefficient (Wildman–Crippen LogP) is 0.700. The fourth-order valence-electron chi connectivity index (χ4n) is 0.969. The van der Waals surface area contributed by atoms with Crippen molar-refractivity contribution in [1.82, 2.24) is 10.2 Å². The number of nitrogens with zero attached hydrogens (tertiary/aromatic N) is 1. The summed E-state index contributed by atoms with van der Waals surface area (Å²) in [6.45, 7) is 0.428. The van der Waals surface area contributed by atoms with Gasteiger partial charge in [-0.3, -0.25) is 9.59 Å². The van der Waals surface area contributed by atoms with Crippen LogP contribution in [0.15, 0.2) is 11.0 Å². The molecule has 1 aromatic heterocycles. The van der Waals surface area contributed by atoms with Crippen molar-refractivity contribution >= 4 is 23.3 Å². The average molecular weight is 232 g/mol. The van der Waals surface area contributed by atoms with E-state index >= 15 is 0 Å². The van der Waals surface area contributed by atoms with Crippen LogP contribution in [0.25, 0.3) is 0 Å². The van der Waals surface area contributed by atoms with E-state index in [0.29, 0.717) is 18.7 Å². The lowest BCUT2D eigenvalue weighted by atomic mass is 10.3. The molecular formula is C8H10ClN3O3. The van der Waals surface area contributed by atoms with Gasteiger partial charge in [0.15, 0.2) is 0 Å². The number of aromatic nitrogens is 2. The molecule has 0 aliphatic rings. The Morgan fingerprint density at radius 2 is 2.40 bits per heavy atom. The van der Waals surface area contributed by atoms with E-state index in [4.69, 9.17) is 16.7 Å². The van der Waals surface area contributed by atoms with E-state index in [2.05, 4.69) is 15.5 Å². The Morgan fingerprint density at radius 3 is 3.07 bits per heavy atom. The number of halogens is 1. The second kappa shape index (κ2) is 5.35. The van der Waals surface area contributed by atoms with E-state index in [-0.39, 0.29) is 11.4 Å². The summed E-state index contributed by atoms with van der Waals surface area (Å²) < 4.78 is 0. The molecule has 1 heterocycles. The maximum atomic E-state index is 11.0. The first-order valence-electron chi connectivity index (χ1n) is 4.30. The molecule has 1 aromatic rings. The third-order valence-corrected chi connectivity index (χ3v) is 2.05. The zero-order valence-electron chi connectivity index (χ0n) is 7.79. The molecule has 0 fully saturated rings. The van der Waals surface area contributed by atoms with Crippen LogP contribution in [0.3, 0.4) is 0 Å². The number of H-pyrrole nitrogens is 1. The standard InChI is InChI=1S/C8H10ClN3O3/c9-7-5(4-11-12-8(7)15)10-3-1-2-6(13)14/h4H,1-3H2,(H,13,14)(H2,10,12,15). The van der Waals surface area contributed by atoms with E-state index in [1.807, 2.05) is 0 Å². The van der Waals surface area contributed by atoms with Crippen LogP contribution in [0.5, 0.6) is 0 Å². The van der Waals surface area contributed by atoms with Crippen LogP contribution in [0, 0.1) is 0 Å². The Kier molecular flexibility index (Phi) is 4.11. The second-order valence-corrected chi connectivity index (χ2v) is 3.23. The minimum Gasteiger partial charge on any atom is -0.481 e. The molecule has 0 saturated carbocycles. The molecule has 0 spiro atoms. The highest BCUT2D eigenvalue weighted by molar-refractivity contribution is 6.32. The van der Waals surface area contributed by atoms with Gasteiger partial charge in [-0.05, 0) is 6.42 Å². The Balaban J connectivity index is 2.48. The van der Waals surface area contributed by atoms with Crippen LogP contribution in [-0.2, 0) is 4.79 Å². The summed E-state index contributed by atoms with van der Waals surface area (Å²) in [6, 6.07) is 0. The van der Waals surface area contributed by atoms with E-state index in [1.165, 1.54) is 6.20 Å². The van der Waals surface area contributed by atoms with Gasteiger partial charge in [0.1, 0.15) is 5.02 Å². The smallest absolute Gasteiger partial charge is 0.303 e. The minimum absolute atomic E-state index is 0.0281. The van der Waals surface area contributed by atoms with Crippen LogP contribution >= 0.6 is 11.6 Å². The van der Waals surface area contributed by atoms with Crippen LogP contribution in [-0.4, -0.2) is 27.8 Å². The number of carboxylic acid groups (broad SMARTS) is 1. The minimum atomic E-state index is -0.855. The topological polar surface area (TPSA) is 95.1 Å². The molecular weight excluding hydrogens is 222 g/mol. The molecule has 0 bridgehead atoms. The SMILES string of the molecule is O=C(O)CCCNc1cn[nH]c(=O)c1Cl. The van der Waals surface area contributed by atoms with Crippen LogP contribution in [0.1, 0.15) is 12.8 Å². The van der Waals surface area contributed by atoms with Crippen molar-refractivity contribution in [2.75, 3.05) is 11.9 Å². The Hall–Kier alpha value is -1.56. The normalized spacial score (nSPS) is 9.93. The molecule has 0 atom stereocenters. The van der Waals surface area contributed by atoms with Crippen molar-refractivity contribution in [3.8, 4) is 0 Å². The quantitative estimate of drug-likeness (QED) is 0.649. The largest absolute Gasteiger partial charge is 0.481 e. The summed E-state index contributed by atoms with van der Waals surface area (Å²) >= 11 is 5.67. The molecule has 1 rings (SSSR count). The van der Waals surface area contributed by atoms with Crippen molar-refractivity contribution in [3.63, 3.8) is 0 Å². The van der Waals surface area contributed by atoms with Crippen molar-refractivity contribution in [2.24, 2.45) is 0 Å². The maximum Gasteiger partial charge on any atom is 0.303 e. The number of aliphatic carboxylic acids is 1. The highest BCUT2D eigenvalue weighted by Gasteiger charge is 2.04. The lowest BCUT2D eigenvalue weighted by Gasteiger charge is -2.05. The molecule has 0 aromatic carbocycles. The summed E-state index contributed by atoms with van der Waals surface area (Å²) in [7, 11) is 0. The monoisotopic (exact) mass is 231 g/mol. The molecule has 0 amide bonds. The average Bonchev–Trinajstić information content (AvgIpc) is 2.18. The van der Waals surface area contributed by atoms with Gasteiger partial charge in [-0.2, -0.15) is 5.10 Å². The predicted molar refractivity (Wildman–Crippen MR) is 55.2 cm³/mol. The molecule has 7 heteroatoms. The van der Waals surface area contributed by atoms with Gasteiger partial charge >= 0.3 is 5.97 Å². The van der Waals surface area contributed by atoms with Gasteiger partial charge in [-0.15, -0.1) is 0 Å². The third-order valence-electron chi connectivity index (χ3n) is 1.68. The first-order valence-corrected chi connectivity index (χ1v) is 4.68. The number of aromatic amines is 1. The van der Waals surface area contributed by atoms with Crippen molar-refractivity contribution in [2.45, 2.75) is 12.8 Å². The Bertz CT molecular complexity index is 404.